The van der Waals surface area contributed by atoms with Crippen LogP contribution in [-0.2, 0) is 0 Å². The van der Waals surface area contributed by atoms with Crippen LogP contribution in [0.25, 0.3) is 0 Å². The second kappa shape index (κ2) is 7.15. The van der Waals surface area contributed by atoms with Crippen LogP contribution in [-0.4, -0.2) is 30.9 Å². The molecule has 0 amide bonds. The monoisotopic (exact) mass is 383 g/mol. The maximum absolute atomic E-state index is 12.0. The minimum atomic E-state index is -5.45. The van der Waals surface area contributed by atoms with Crippen LogP contribution in [0.5, 0.6) is 0 Å². The van der Waals surface area contributed by atoms with E-state index >= 15 is 0 Å². The van der Waals surface area contributed by atoms with E-state index < -0.39 is 30.9 Å². The van der Waals surface area contributed by atoms with Crippen molar-refractivity contribution in [3.63, 3.8) is 0 Å². The molecule has 0 rings (SSSR count). The van der Waals surface area contributed by atoms with Gasteiger partial charge in [-0.2, -0.15) is 52.7 Å². The summed E-state index contributed by atoms with van der Waals surface area (Å²) in [5.74, 6) is 3.99. The Morgan fingerprint density at radius 3 is 0.640 bits per heavy atom. The minimum Gasteiger partial charge on any atom is -0.261 e. The van der Waals surface area contributed by atoms with Gasteiger partial charge in [0.25, 0.3) is 6.15 Å². The Balaban J connectivity index is 6.66. The van der Waals surface area contributed by atoms with Gasteiger partial charge >= 0.3 is 24.7 Å². The Morgan fingerprint density at radius 2 is 0.520 bits per heavy atom. The van der Waals surface area contributed by atoms with E-state index in [4.69, 9.17) is 0 Å². The fraction of sp³-hybridized carbons (Fsp3) is 0.333. The lowest BCUT2D eigenvalue weighted by Gasteiger charge is -2.17. The van der Waals surface area contributed by atoms with Crippen LogP contribution in [0.4, 0.5) is 52.7 Å². The molecule has 25 heavy (non-hydrogen) atoms. The van der Waals surface area contributed by atoms with Gasteiger partial charge in [-0.25, -0.2) is 0 Å². The van der Waals surface area contributed by atoms with E-state index in [0.717, 1.165) is 23.3 Å². The SMILES string of the molecule is FC(F)(F)C#C[B-](C#CC(F)(F)F)(C#CC(F)(F)F)C#CC(F)(F)F. The van der Waals surface area contributed by atoms with Gasteiger partial charge in [-0.1, -0.05) is 0 Å². The van der Waals surface area contributed by atoms with E-state index in [1.54, 1.807) is 0 Å². The molecular formula is C12BF12-. The summed E-state index contributed by atoms with van der Waals surface area (Å²) in [7, 11) is 0. The zero-order chi connectivity index (χ0) is 20.2. The van der Waals surface area contributed by atoms with Crippen LogP contribution in [0.1, 0.15) is 0 Å². The van der Waals surface area contributed by atoms with E-state index in [9.17, 15) is 52.7 Å². The molecule has 0 aromatic heterocycles. The van der Waals surface area contributed by atoms with E-state index in [-0.39, 0.29) is 23.7 Å². The summed E-state index contributed by atoms with van der Waals surface area (Å²) < 4.78 is 144. The largest absolute Gasteiger partial charge is 0.454 e. The summed E-state index contributed by atoms with van der Waals surface area (Å²) in [4.78, 5) is 0. The van der Waals surface area contributed by atoms with Crippen LogP contribution >= 0.6 is 0 Å². The Bertz CT molecular complexity index is 597. The molecular weight excluding hydrogens is 383 g/mol. The lowest BCUT2D eigenvalue weighted by Crippen LogP contribution is -2.31. The fourth-order valence-electron chi connectivity index (χ4n) is 0.977. The highest BCUT2D eigenvalue weighted by Gasteiger charge is 2.29. The summed E-state index contributed by atoms with van der Waals surface area (Å²) >= 11 is 0. The molecule has 0 unspecified atom stereocenters. The summed E-state index contributed by atoms with van der Waals surface area (Å²) in [5, 5.41) is 0. The summed E-state index contributed by atoms with van der Waals surface area (Å²) in [5.41, 5.74) is 0. The molecule has 0 fully saturated rings. The van der Waals surface area contributed by atoms with Crippen LogP contribution in [0.3, 0.4) is 0 Å². The smallest absolute Gasteiger partial charge is 0.261 e. The Hall–Kier alpha value is -2.54. The van der Waals surface area contributed by atoms with Crippen molar-refractivity contribution in [3.8, 4) is 47.0 Å². The van der Waals surface area contributed by atoms with Gasteiger partial charge in [0.1, 0.15) is 0 Å². The Kier molecular flexibility index (Phi) is 6.42. The van der Waals surface area contributed by atoms with Crippen LogP contribution in [0, 0.1) is 47.0 Å². The Labute approximate surface area is 131 Å². The molecule has 0 saturated carbocycles. The number of hydrogen-bond acceptors (Lipinski definition) is 0. The highest BCUT2D eigenvalue weighted by atomic mass is 19.4. The van der Waals surface area contributed by atoms with Gasteiger partial charge in [0.05, 0.1) is 0 Å². The zero-order valence-corrected chi connectivity index (χ0v) is 11.1. The Morgan fingerprint density at radius 1 is 0.360 bits per heavy atom. The third kappa shape index (κ3) is 12.5. The van der Waals surface area contributed by atoms with Crippen molar-refractivity contribution in [3.05, 3.63) is 0 Å². The summed E-state index contributed by atoms with van der Waals surface area (Å²) in [6.07, 6.45) is -26.4. The summed E-state index contributed by atoms with van der Waals surface area (Å²) in [6, 6.07) is 0. The number of hydrogen-bond donors (Lipinski definition) is 0. The van der Waals surface area contributed by atoms with E-state index in [0.29, 0.717) is 0 Å². The quantitative estimate of drug-likeness (QED) is 0.339. The van der Waals surface area contributed by atoms with Crippen molar-refractivity contribution < 1.29 is 52.7 Å². The minimum absolute atomic E-state index is 0.240. The molecule has 0 bridgehead atoms. The first-order chi connectivity index (χ1) is 10.8. The van der Waals surface area contributed by atoms with Gasteiger partial charge in [-0.05, 0) is 23.7 Å². The molecule has 0 N–H and O–H groups in total. The fourth-order valence-corrected chi connectivity index (χ4v) is 0.977. The lowest BCUT2D eigenvalue weighted by atomic mass is 9.27. The van der Waals surface area contributed by atoms with Crippen molar-refractivity contribution >= 4 is 6.15 Å². The molecule has 0 spiro atoms. The van der Waals surface area contributed by atoms with Crippen LogP contribution < -0.4 is 0 Å². The normalized spacial score (nSPS) is 12.3. The predicted molar refractivity (Wildman–Crippen MR) is 61.1 cm³/mol. The molecule has 0 aromatic carbocycles. The van der Waals surface area contributed by atoms with Gasteiger partial charge in [0.2, 0.25) is 0 Å². The molecule has 13 heteroatoms. The average molecular weight is 383 g/mol. The number of rotatable bonds is 0. The molecule has 0 aliphatic carbocycles. The standard InChI is InChI=1S/C12BF12/c14-9(15,16)1-5-13(6-2-10(17,18)19,7-3-11(20,21)22)8-4-12(23,24)25/q-1. The zero-order valence-electron chi connectivity index (χ0n) is 11.1. The van der Waals surface area contributed by atoms with E-state index in [2.05, 4.69) is 0 Å². The number of alkyl halides is 12. The maximum atomic E-state index is 12.0. The molecule has 0 saturated heterocycles. The van der Waals surface area contributed by atoms with Gasteiger partial charge < -0.3 is 0 Å². The molecule has 0 nitrogen and oxygen atoms in total. The molecule has 0 atom stereocenters. The summed E-state index contributed by atoms with van der Waals surface area (Å²) in [6.45, 7) is 0. The lowest BCUT2D eigenvalue weighted by molar-refractivity contribution is -0.0704. The van der Waals surface area contributed by atoms with Crippen molar-refractivity contribution in [1.29, 1.82) is 0 Å². The highest BCUT2D eigenvalue weighted by Crippen LogP contribution is 2.18. The van der Waals surface area contributed by atoms with E-state index in [1.165, 1.54) is 0 Å². The number of halogens is 12. The molecule has 0 aliphatic rings. The third-order valence-electron chi connectivity index (χ3n) is 1.72. The maximum Gasteiger partial charge on any atom is 0.454 e. The molecule has 136 valence electrons. The first-order valence-corrected chi connectivity index (χ1v) is 5.42. The van der Waals surface area contributed by atoms with Gasteiger partial charge in [-0.15, -0.1) is 0 Å². The second-order valence-corrected chi connectivity index (χ2v) is 3.93. The van der Waals surface area contributed by atoms with Gasteiger partial charge in [-0.3, -0.25) is 23.3 Å². The highest BCUT2D eigenvalue weighted by molar-refractivity contribution is 7.06. The molecule has 0 heterocycles. The first-order valence-electron chi connectivity index (χ1n) is 5.42. The van der Waals surface area contributed by atoms with E-state index in [1.807, 2.05) is 0 Å². The van der Waals surface area contributed by atoms with Crippen LogP contribution in [0.2, 0.25) is 0 Å². The van der Waals surface area contributed by atoms with Gasteiger partial charge in [0, 0.05) is 0 Å². The predicted octanol–water partition coefficient (Wildman–Crippen LogP) is 3.85. The second-order valence-electron chi connectivity index (χ2n) is 3.93. The van der Waals surface area contributed by atoms with Gasteiger partial charge in [0.15, 0.2) is 0 Å². The van der Waals surface area contributed by atoms with Crippen LogP contribution in [0.15, 0.2) is 0 Å². The first kappa shape index (κ1) is 22.5. The van der Waals surface area contributed by atoms with Crippen molar-refractivity contribution in [2.24, 2.45) is 0 Å². The van der Waals surface area contributed by atoms with Crippen molar-refractivity contribution in [1.82, 2.24) is 0 Å². The van der Waals surface area contributed by atoms with Crippen molar-refractivity contribution in [2.75, 3.05) is 0 Å². The topological polar surface area (TPSA) is 0 Å². The molecule has 0 aliphatic heterocycles. The average Bonchev–Trinajstić information content (AvgIpc) is 2.33. The van der Waals surface area contributed by atoms with Crippen molar-refractivity contribution in [2.45, 2.75) is 24.7 Å². The molecule has 0 aromatic rings. The third-order valence-corrected chi connectivity index (χ3v) is 1.72. The molecule has 0 radical (unpaired) electrons.